The summed E-state index contributed by atoms with van der Waals surface area (Å²) in [5.74, 6) is 2.82. The van der Waals surface area contributed by atoms with Crippen LogP contribution in [0.5, 0.6) is 0 Å². The molecule has 0 bridgehead atoms. The molecule has 90 valence electrons. The molecular weight excluding hydrogens is 284 g/mol. The summed E-state index contributed by atoms with van der Waals surface area (Å²) in [6, 6.07) is 9.82. The van der Waals surface area contributed by atoms with Crippen molar-refractivity contribution in [3.05, 3.63) is 35.9 Å². The normalized spacial score (nSPS) is 27.5. The molecule has 1 aliphatic heterocycles. The Balaban J connectivity index is 1.94. The van der Waals surface area contributed by atoms with Crippen molar-refractivity contribution in [3.63, 3.8) is 0 Å². The van der Waals surface area contributed by atoms with Crippen molar-refractivity contribution in [1.29, 1.82) is 0 Å². The molecule has 0 amide bonds. The van der Waals surface area contributed by atoms with E-state index in [9.17, 15) is 5.11 Å². The number of ether oxygens (including phenoxy) is 2. The summed E-state index contributed by atoms with van der Waals surface area (Å²) >= 11 is 3.02. The van der Waals surface area contributed by atoms with Gasteiger partial charge in [0.05, 0.1) is 13.2 Å². The van der Waals surface area contributed by atoms with E-state index in [-0.39, 0.29) is 18.8 Å². The van der Waals surface area contributed by atoms with E-state index in [4.69, 9.17) is 9.47 Å². The van der Waals surface area contributed by atoms with Crippen LogP contribution in [0, 0.1) is 10.8 Å². The maximum absolute atomic E-state index is 9.73. The standard InChI is InChI=1S/C13H13BrO3/c14-7-6-12-13(11(15)9-16-12)17-8-10-4-2-1-3-5-10/h1-5,11-13,15H,8-9H2/t11-,12+,13+/m1/s1. The Bertz CT molecular complexity index is 410. The Hall–Kier alpha value is -0.860. The lowest BCUT2D eigenvalue weighted by Gasteiger charge is -2.17. The summed E-state index contributed by atoms with van der Waals surface area (Å²) < 4.78 is 11.0. The topological polar surface area (TPSA) is 38.7 Å². The molecule has 3 nitrogen and oxygen atoms in total. The number of benzene rings is 1. The Morgan fingerprint density at radius 3 is 2.88 bits per heavy atom. The highest BCUT2D eigenvalue weighted by molar-refractivity contribution is 9.12. The highest BCUT2D eigenvalue weighted by atomic mass is 79.9. The maximum Gasteiger partial charge on any atom is 0.147 e. The van der Waals surface area contributed by atoms with Crippen molar-refractivity contribution in [2.45, 2.75) is 24.9 Å². The summed E-state index contributed by atoms with van der Waals surface area (Å²) in [5.41, 5.74) is 1.07. The summed E-state index contributed by atoms with van der Waals surface area (Å²) in [6.07, 6.45) is -1.37. The Morgan fingerprint density at radius 2 is 2.18 bits per heavy atom. The number of rotatable bonds is 3. The predicted molar refractivity (Wildman–Crippen MR) is 67.5 cm³/mol. The Morgan fingerprint density at radius 1 is 1.41 bits per heavy atom. The third-order valence-electron chi connectivity index (χ3n) is 2.61. The van der Waals surface area contributed by atoms with Gasteiger partial charge in [0.1, 0.15) is 18.3 Å². The van der Waals surface area contributed by atoms with Gasteiger partial charge in [-0.25, -0.2) is 0 Å². The largest absolute Gasteiger partial charge is 0.388 e. The fourth-order valence-corrected chi connectivity index (χ4v) is 1.96. The van der Waals surface area contributed by atoms with Gasteiger partial charge in [-0.2, -0.15) is 0 Å². The minimum absolute atomic E-state index is 0.270. The zero-order chi connectivity index (χ0) is 12.1. The molecule has 4 heteroatoms. The molecule has 0 aromatic heterocycles. The summed E-state index contributed by atoms with van der Waals surface area (Å²) in [4.78, 5) is 2.60. The summed E-state index contributed by atoms with van der Waals surface area (Å²) in [5, 5.41) is 9.73. The third kappa shape index (κ3) is 3.30. The Kier molecular flexibility index (Phi) is 4.57. The molecule has 0 aliphatic carbocycles. The van der Waals surface area contributed by atoms with Crippen LogP contribution in [0.25, 0.3) is 0 Å². The Labute approximate surface area is 109 Å². The van der Waals surface area contributed by atoms with Crippen LogP contribution in [0.4, 0.5) is 0 Å². The van der Waals surface area contributed by atoms with Crippen LogP contribution >= 0.6 is 15.9 Å². The van der Waals surface area contributed by atoms with Crippen LogP contribution in [0.2, 0.25) is 0 Å². The minimum atomic E-state index is -0.614. The quantitative estimate of drug-likeness (QED) is 0.863. The van der Waals surface area contributed by atoms with Gasteiger partial charge < -0.3 is 14.6 Å². The lowest BCUT2D eigenvalue weighted by Crippen LogP contribution is -2.32. The average Bonchev–Trinajstić information content (AvgIpc) is 2.70. The van der Waals surface area contributed by atoms with Gasteiger partial charge in [0.2, 0.25) is 0 Å². The molecule has 0 unspecified atom stereocenters. The third-order valence-corrected chi connectivity index (χ3v) is 2.84. The van der Waals surface area contributed by atoms with Crippen LogP contribution in [0.15, 0.2) is 30.3 Å². The molecule has 3 atom stereocenters. The fourth-order valence-electron chi connectivity index (χ4n) is 1.74. The van der Waals surface area contributed by atoms with Gasteiger partial charge in [-0.3, -0.25) is 0 Å². The number of aliphatic hydroxyl groups excluding tert-OH is 1. The molecule has 1 N–H and O–H groups in total. The van der Waals surface area contributed by atoms with Crippen molar-refractivity contribution in [1.82, 2.24) is 0 Å². The van der Waals surface area contributed by atoms with Crippen molar-refractivity contribution in [2.75, 3.05) is 6.61 Å². The van der Waals surface area contributed by atoms with E-state index >= 15 is 0 Å². The number of hydrogen-bond acceptors (Lipinski definition) is 3. The van der Waals surface area contributed by atoms with Gasteiger partial charge in [-0.15, -0.1) is 0 Å². The molecule has 1 fully saturated rings. The first kappa shape index (κ1) is 12.6. The van der Waals surface area contributed by atoms with E-state index in [1.165, 1.54) is 0 Å². The van der Waals surface area contributed by atoms with Crippen molar-refractivity contribution < 1.29 is 14.6 Å². The molecule has 17 heavy (non-hydrogen) atoms. The van der Waals surface area contributed by atoms with Gasteiger partial charge in [0.25, 0.3) is 0 Å². The number of halogens is 1. The predicted octanol–water partition coefficient (Wildman–Crippen LogP) is 1.69. The molecule has 1 aromatic carbocycles. The molecule has 1 aromatic rings. The van der Waals surface area contributed by atoms with E-state index in [1.807, 2.05) is 30.3 Å². The van der Waals surface area contributed by atoms with E-state index < -0.39 is 6.10 Å². The maximum atomic E-state index is 9.73. The van der Waals surface area contributed by atoms with Gasteiger partial charge in [-0.1, -0.05) is 36.3 Å². The van der Waals surface area contributed by atoms with Crippen LogP contribution in [0.1, 0.15) is 5.56 Å². The van der Waals surface area contributed by atoms with Crippen molar-refractivity contribution in [2.24, 2.45) is 0 Å². The van der Waals surface area contributed by atoms with E-state index in [2.05, 4.69) is 26.7 Å². The molecule has 1 aliphatic rings. The first-order chi connectivity index (χ1) is 8.31. The number of hydrogen-bond donors (Lipinski definition) is 1. The second kappa shape index (κ2) is 6.18. The first-order valence-electron chi connectivity index (χ1n) is 5.37. The van der Waals surface area contributed by atoms with Gasteiger partial charge in [-0.05, 0) is 10.4 Å². The summed E-state index contributed by atoms with van der Waals surface area (Å²) in [6.45, 7) is 0.720. The smallest absolute Gasteiger partial charge is 0.147 e. The second-order valence-electron chi connectivity index (χ2n) is 3.82. The fraction of sp³-hybridized carbons (Fsp3) is 0.385. The van der Waals surface area contributed by atoms with E-state index in [1.54, 1.807) is 0 Å². The average molecular weight is 297 g/mol. The first-order valence-corrected chi connectivity index (χ1v) is 6.17. The zero-order valence-electron chi connectivity index (χ0n) is 9.17. The second-order valence-corrected chi connectivity index (χ2v) is 4.22. The van der Waals surface area contributed by atoms with Crippen LogP contribution < -0.4 is 0 Å². The van der Waals surface area contributed by atoms with Crippen LogP contribution in [-0.2, 0) is 16.1 Å². The highest BCUT2D eigenvalue weighted by Gasteiger charge is 2.36. The zero-order valence-corrected chi connectivity index (χ0v) is 10.8. The van der Waals surface area contributed by atoms with E-state index in [0.717, 1.165) is 5.56 Å². The molecular formula is C13H13BrO3. The van der Waals surface area contributed by atoms with E-state index in [0.29, 0.717) is 6.61 Å². The van der Waals surface area contributed by atoms with Crippen LogP contribution in [-0.4, -0.2) is 30.0 Å². The molecule has 0 saturated carbocycles. The van der Waals surface area contributed by atoms with Gasteiger partial charge >= 0.3 is 0 Å². The monoisotopic (exact) mass is 296 g/mol. The SMILES string of the molecule is O[C@@H]1CO[C@@H](C#CBr)[C@H]1OCc1ccccc1. The van der Waals surface area contributed by atoms with Crippen molar-refractivity contribution >= 4 is 15.9 Å². The molecule has 0 radical (unpaired) electrons. The van der Waals surface area contributed by atoms with Crippen LogP contribution in [0.3, 0.4) is 0 Å². The molecule has 2 rings (SSSR count). The van der Waals surface area contributed by atoms with Gasteiger partial charge in [0, 0.05) is 15.9 Å². The van der Waals surface area contributed by atoms with Crippen molar-refractivity contribution in [3.8, 4) is 10.8 Å². The minimum Gasteiger partial charge on any atom is -0.388 e. The molecule has 1 saturated heterocycles. The van der Waals surface area contributed by atoms with Gasteiger partial charge in [0.15, 0.2) is 0 Å². The molecule has 0 spiro atoms. The number of aliphatic hydroxyl groups is 1. The summed E-state index contributed by atoms with van der Waals surface area (Å²) in [7, 11) is 0. The lowest BCUT2D eigenvalue weighted by molar-refractivity contribution is -0.0317. The lowest BCUT2D eigenvalue weighted by atomic mass is 10.1. The highest BCUT2D eigenvalue weighted by Crippen LogP contribution is 2.19. The molecule has 1 heterocycles.